The summed E-state index contributed by atoms with van der Waals surface area (Å²) >= 11 is 0. The van der Waals surface area contributed by atoms with Gasteiger partial charge in [-0.25, -0.2) is 0 Å². The van der Waals surface area contributed by atoms with Gasteiger partial charge < -0.3 is 14.4 Å². The first-order chi connectivity index (χ1) is 16.7. The van der Waals surface area contributed by atoms with E-state index in [0.717, 1.165) is 49.6 Å². The smallest absolute Gasteiger partial charge is 0.253 e. The quantitative estimate of drug-likeness (QED) is 0.460. The average Bonchev–Trinajstić information content (AvgIpc) is 2.90. The summed E-state index contributed by atoms with van der Waals surface area (Å²) in [7, 11) is 1.64. The number of nitrogens with zero attached hydrogens (tertiary/aromatic N) is 2. The summed E-state index contributed by atoms with van der Waals surface area (Å²) in [5, 5.41) is 0. The van der Waals surface area contributed by atoms with Crippen molar-refractivity contribution in [1.82, 2.24) is 9.80 Å². The maximum Gasteiger partial charge on any atom is 0.253 e. The third-order valence-electron chi connectivity index (χ3n) is 6.03. The normalized spacial score (nSPS) is 14.4. The second-order valence-electron chi connectivity index (χ2n) is 8.41. The van der Waals surface area contributed by atoms with Crippen LogP contribution in [0.4, 0.5) is 0 Å². The molecule has 0 unspecified atom stereocenters. The summed E-state index contributed by atoms with van der Waals surface area (Å²) in [6.45, 7) is 4.99. The SMILES string of the molecule is COc1ccc(C(=O)N2CCN(C/C=C/c3ccccc3)CC2)cc1COCc1ccccc1. The number of methoxy groups -OCH3 is 1. The molecule has 1 saturated heterocycles. The summed E-state index contributed by atoms with van der Waals surface area (Å²) < 4.78 is 11.4. The molecule has 0 N–H and O–H groups in total. The summed E-state index contributed by atoms with van der Waals surface area (Å²) in [6, 6.07) is 26.0. The highest BCUT2D eigenvalue weighted by molar-refractivity contribution is 5.94. The standard InChI is InChI=1S/C29H32N2O3/c1-33-28-15-14-26(21-27(28)23-34-22-25-11-6-3-7-12-25)29(32)31-19-17-30(18-20-31)16-8-13-24-9-4-2-5-10-24/h2-15,21H,16-20,22-23H2,1H3/b13-8+. The minimum absolute atomic E-state index is 0.0615. The van der Waals surface area contributed by atoms with E-state index in [4.69, 9.17) is 9.47 Å². The minimum atomic E-state index is 0.0615. The second-order valence-corrected chi connectivity index (χ2v) is 8.41. The van der Waals surface area contributed by atoms with Crippen LogP contribution in [0.25, 0.3) is 6.08 Å². The van der Waals surface area contributed by atoms with Crippen molar-refractivity contribution in [1.29, 1.82) is 0 Å². The summed E-state index contributed by atoms with van der Waals surface area (Å²) in [6.07, 6.45) is 4.34. The molecule has 1 fully saturated rings. The zero-order chi connectivity index (χ0) is 23.6. The predicted octanol–water partition coefficient (Wildman–Crippen LogP) is 4.88. The molecule has 0 bridgehead atoms. The van der Waals surface area contributed by atoms with Gasteiger partial charge in [0.05, 0.1) is 20.3 Å². The maximum absolute atomic E-state index is 13.2. The zero-order valence-electron chi connectivity index (χ0n) is 19.7. The van der Waals surface area contributed by atoms with Crippen LogP contribution in [0.5, 0.6) is 5.75 Å². The molecule has 4 rings (SSSR count). The zero-order valence-corrected chi connectivity index (χ0v) is 19.7. The monoisotopic (exact) mass is 456 g/mol. The molecule has 3 aromatic carbocycles. The molecule has 1 aliphatic heterocycles. The van der Waals surface area contributed by atoms with Crippen LogP contribution < -0.4 is 4.74 Å². The van der Waals surface area contributed by atoms with E-state index in [1.54, 1.807) is 7.11 Å². The molecule has 3 aromatic rings. The molecule has 5 nitrogen and oxygen atoms in total. The van der Waals surface area contributed by atoms with Crippen LogP contribution in [-0.4, -0.2) is 55.5 Å². The number of carbonyl (C=O) groups excluding carboxylic acids is 1. The summed E-state index contributed by atoms with van der Waals surface area (Å²) in [5.41, 5.74) is 3.88. The summed E-state index contributed by atoms with van der Waals surface area (Å²) in [4.78, 5) is 17.5. The van der Waals surface area contributed by atoms with Crippen molar-refractivity contribution in [3.8, 4) is 5.75 Å². The molecule has 5 heteroatoms. The lowest BCUT2D eigenvalue weighted by Crippen LogP contribution is -2.48. The molecule has 0 spiro atoms. The van der Waals surface area contributed by atoms with Crippen LogP contribution in [0.1, 0.15) is 27.0 Å². The number of hydrogen-bond donors (Lipinski definition) is 0. The van der Waals surface area contributed by atoms with Gasteiger partial charge >= 0.3 is 0 Å². The van der Waals surface area contributed by atoms with Crippen LogP contribution in [0.2, 0.25) is 0 Å². The van der Waals surface area contributed by atoms with Gasteiger partial charge in [0.25, 0.3) is 5.91 Å². The third kappa shape index (κ3) is 6.56. The van der Waals surface area contributed by atoms with Crippen molar-refractivity contribution in [2.45, 2.75) is 13.2 Å². The van der Waals surface area contributed by atoms with E-state index in [1.807, 2.05) is 71.6 Å². The Morgan fingerprint density at radius 3 is 2.29 bits per heavy atom. The number of ether oxygens (including phenoxy) is 2. The van der Waals surface area contributed by atoms with E-state index in [0.29, 0.717) is 18.8 Å². The van der Waals surface area contributed by atoms with Gasteiger partial charge in [-0.1, -0.05) is 72.8 Å². The first kappa shape index (κ1) is 23.7. The largest absolute Gasteiger partial charge is 0.496 e. The number of amides is 1. The summed E-state index contributed by atoms with van der Waals surface area (Å²) in [5.74, 6) is 0.797. The average molecular weight is 457 g/mol. The van der Waals surface area contributed by atoms with Crippen LogP contribution in [-0.2, 0) is 18.0 Å². The number of rotatable bonds is 9. The molecule has 34 heavy (non-hydrogen) atoms. The highest BCUT2D eigenvalue weighted by Crippen LogP contribution is 2.22. The van der Waals surface area contributed by atoms with E-state index in [9.17, 15) is 4.79 Å². The highest BCUT2D eigenvalue weighted by Gasteiger charge is 2.22. The van der Waals surface area contributed by atoms with E-state index in [-0.39, 0.29) is 5.91 Å². The van der Waals surface area contributed by atoms with Crippen molar-refractivity contribution in [2.75, 3.05) is 39.8 Å². The molecule has 0 aliphatic carbocycles. The van der Waals surface area contributed by atoms with Gasteiger partial charge in [-0.15, -0.1) is 0 Å². The van der Waals surface area contributed by atoms with Crippen LogP contribution in [0.3, 0.4) is 0 Å². The number of benzene rings is 3. The Balaban J connectivity index is 1.30. The lowest BCUT2D eigenvalue weighted by atomic mass is 10.1. The lowest BCUT2D eigenvalue weighted by Gasteiger charge is -2.34. The van der Waals surface area contributed by atoms with Gasteiger partial charge in [0, 0.05) is 43.9 Å². The van der Waals surface area contributed by atoms with Crippen molar-refractivity contribution in [3.63, 3.8) is 0 Å². The lowest BCUT2D eigenvalue weighted by molar-refractivity contribution is 0.0649. The van der Waals surface area contributed by atoms with Crippen molar-refractivity contribution >= 4 is 12.0 Å². The number of piperazine rings is 1. The topological polar surface area (TPSA) is 42.0 Å². The predicted molar refractivity (Wildman–Crippen MR) is 136 cm³/mol. The Hall–Kier alpha value is -3.41. The van der Waals surface area contributed by atoms with Crippen molar-refractivity contribution in [3.05, 3.63) is 107 Å². The van der Waals surface area contributed by atoms with Crippen molar-refractivity contribution < 1.29 is 14.3 Å². The molecule has 0 radical (unpaired) electrons. The molecule has 0 aromatic heterocycles. The fraction of sp³-hybridized carbons (Fsp3) is 0.276. The second kappa shape index (κ2) is 12.2. The fourth-order valence-electron chi connectivity index (χ4n) is 4.10. The Morgan fingerprint density at radius 1 is 0.882 bits per heavy atom. The number of carbonyl (C=O) groups is 1. The van der Waals surface area contributed by atoms with E-state index in [1.165, 1.54) is 5.56 Å². The van der Waals surface area contributed by atoms with Gasteiger partial charge in [-0.2, -0.15) is 0 Å². The fourth-order valence-corrected chi connectivity index (χ4v) is 4.10. The van der Waals surface area contributed by atoms with E-state index >= 15 is 0 Å². The molecule has 0 saturated carbocycles. The van der Waals surface area contributed by atoms with Crippen LogP contribution in [0.15, 0.2) is 84.9 Å². The van der Waals surface area contributed by atoms with E-state index < -0.39 is 0 Å². The molecule has 0 atom stereocenters. The Labute approximate surface area is 202 Å². The van der Waals surface area contributed by atoms with Gasteiger partial charge in [0.2, 0.25) is 0 Å². The maximum atomic E-state index is 13.2. The molecule has 1 amide bonds. The molecular weight excluding hydrogens is 424 g/mol. The molecule has 1 heterocycles. The molecular formula is C29H32N2O3. The first-order valence-electron chi connectivity index (χ1n) is 11.7. The van der Waals surface area contributed by atoms with Gasteiger partial charge in [-0.3, -0.25) is 9.69 Å². The van der Waals surface area contributed by atoms with Gasteiger partial charge in [-0.05, 0) is 29.3 Å². The van der Waals surface area contributed by atoms with Gasteiger partial charge in [0.1, 0.15) is 5.75 Å². The number of hydrogen-bond acceptors (Lipinski definition) is 4. The Morgan fingerprint density at radius 2 is 1.59 bits per heavy atom. The highest BCUT2D eigenvalue weighted by atomic mass is 16.5. The van der Waals surface area contributed by atoms with Crippen molar-refractivity contribution in [2.24, 2.45) is 0 Å². The molecule has 176 valence electrons. The van der Waals surface area contributed by atoms with Crippen LogP contribution >= 0.6 is 0 Å². The Bertz CT molecular complexity index is 1080. The van der Waals surface area contributed by atoms with Crippen LogP contribution in [0, 0.1) is 0 Å². The first-order valence-corrected chi connectivity index (χ1v) is 11.7. The van der Waals surface area contributed by atoms with E-state index in [2.05, 4.69) is 29.2 Å². The minimum Gasteiger partial charge on any atom is -0.496 e. The van der Waals surface area contributed by atoms with Gasteiger partial charge in [0.15, 0.2) is 0 Å². The third-order valence-corrected chi connectivity index (χ3v) is 6.03. The molecule has 1 aliphatic rings. The Kier molecular flexibility index (Phi) is 8.49.